The van der Waals surface area contributed by atoms with E-state index < -0.39 is 5.60 Å². The predicted molar refractivity (Wildman–Crippen MR) is 79.9 cm³/mol. The lowest BCUT2D eigenvalue weighted by Gasteiger charge is -2.38. The Kier molecular flexibility index (Phi) is 4.94. The molecule has 1 aliphatic heterocycles. The molecule has 1 amide bonds. The van der Waals surface area contributed by atoms with Crippen LogP contribution in [0, 0.1) is 0 Å². The molecule has 1 N–H and O–H groups in total. The van der Waals surface area contributed by atoms with Crippen molar-refractivity contribution >= 4 is 17.9 Å². The zero-order chi connectivity index (χ0) is 14.6. The van der Waals surface area contributed by atoms with Crippen molar-refractivity contribution in [3.63, 3.8) is 0 Å². The first kappa shape index (κ1) is 15.2. The molecule has 2 rings (SSSR count). The molecule has 0 atom stereocenters. The number of nitrogens with zero attached hydrogens (tertiary/aromatic N) is 1. The SMILES string of the molecule is CCOC(=O)N1CCC(O)(c2ccc(SC)cc2)CC1. The van der Waals surface area contributed by atoms with Gasteiger partial charge in [-0.2, -0.15) is 0 Å². The second kappa shape index (κ2) is 6.50. The fourth-order valence-corrected chi connectivity index (χ4v) is 2.87. The van der Waals surface area contributed by atoms with Crippen molar-refractivity contribution in [2.45, 2.75) is 30.3 Å². The Morgan fingerprint density at radius 3 is 2.45 bits per heavy atom. The smallest absolute Gasteiger partial charge is 0.409 e. The molecule has 1 aromatic rings. The summed E-state index contributed by atoms with van der Waals surface area (Å²) in [6, 6.07) is 8.00. The second-order valence-electron chi connectivity index (χ2n) is 4.95. The molecule has 5 heteroatoms. The van der Waals surface area contributed by atoms with Crippen LogP contribution in [0.1, 0.15) is 25.3 Å². The Balaban J connectivity index is 2.01. The standard InChI is InChI=1S/C15H21NO3S/c1-3-19-14(17)16-10-8-15(18,9-11-16)12-4-6-13(20-2)7-5-12/h4-7,18H,3,8-11H2,1-2H3. The van der Waals surface area contributed by atoms with Crippen LogP contribution in [0.4, 0.5) is 4.79 Å². The molecule has 1 aliphatic rings. The molecule has 110 valence electrons. The van der Waals surface area contributed by atoms with Crippen LogP contribution in [-0.4, -0.2) is 42.1 Å². The molecule has 0 bridgehead atoms. The zero-order valence-electron chi connectivity index (χ0n) is 12.0. The summed E-state index contributed by atoms with van der Waals surface area (Å²) in [6.45, 7) is 3.24. The van der Waals surface area contributed by atoms with Crippen LogP contribution >= 0.6 is 11.8 Å². The lowest BCUT2D eigenvalue weighted by molar-refractivity contribution is -0.0244. The maximum absolute atomic E-state index is 11.6. The van der Waals surface area contributed by atoms with E-state index in [1.807, 2.05) is 30.5 Å². The molecule has 0 radical (unpaired) electrons. The Morgan fingerprint density at radius 2 is 1.95 bits per heavy atom. The molecule has 1 aromatic carbocycles. The van der Waals surface area contributed by atoms with Gasteiger partial charge in [-0.3, -0.25) is 0 Å². The van der Waals surface area contributed by atoms with Crippen LogP contribution in [0.5, 0.6) is 0 Å². The van der Waals surface area contributed by atoms with E-state index in [9.17, 15) is 9.90 Å². The number of thioether (sulfide) groups is 1. The Morgan fingerprint density at radius 1 is 1.35 bits per heavy atom. The molecule has 0 aliphatic carbocycles. The number of benzene rings is 1. The van der Waals surface area contributed by atoms with Crippen molar-refractivity contribution in [1.82, 2.24) is 4.90 Å². The number of aliphatic hydroxyl groups is 1. The average Bonchev–Trinajstić information content (AvgIpc) is 2.48. The highest BCUT2D eigenvalue weighted by Gasteiger charge is 2.35. The molecule has 1 heterocycles. The summed E-state index contributed by atoms with van der Waals surface area (Å²) >= 11 is 1.68. The first-order chi connectivity index (χ1) is 9.59. The largest absolute Gasteiger partial charge is 0.450 e. The number of ether oxygens (including phenoxy) is 1. The lowest BCUT2D eigenvalue weighted by atomic mass is 9.84. The minimum absolute atomic E-state index is 0.285. The van der Waals surface area contributed by atoms with Gasteiger partial charge in [0.15, 0.2) is 0 Å². The third-order valence-corrected chi connectivity index (χ3v) is 4.49. The molecule has 1 saturated heterocycles. The minimum atomic E-state index is -0.833. The highest BCUT2D eigenvalue weighted by Crippen LogP contribution is 2.33. The number of carbonyl (C=O) groups is 1. The van der Waals surface area contributed by atoms with E-state index >= 15 is 0 Å². The first-order valence-corrected chi connectivity index (χ1v) is 8.10. The van der Waals surface area contributed by atoms with Gasteiger partial charge in [0.25, 0.3) is 0 Å². The summed E-state index contributed by atoms with van der Waals surface area (Å²) in [7, 11) is 0. The summed E-state index contributed by atoms with van der Waals surface area (Å²) in [5, 5.41) is 10.8. The van der Waals surface area contributed by atoms with Gasteiger partial charge < -0.3 is 14.7 Å². The van der Waals surface area contributed by atoms with Crippen LogP contribution in [0.25, 0.3) is 0 Å². The van der Waals surface area contributed by atoms with Gasteiger partial charge in [0.2, 0.25) is 0 Å². The summed E-state index contributed by atoms with van der Waals surface area (Å²) < 4.78 is 4.99. The van der Waals surface area contributed by atoms with Crippen LogP contribution in [0.3, 0.4) is 0 Å². The van der Waals surface area contributed by atoms with Crippen molar-refractivity contribution in [3.8, 4) is 0 Å². The van der Waals surface area contributed by atoms with Crippen LogP contribution in [0.15, 0.2) is 29.2 Å². The maximum Gasteiger partial charge on any atom is 0.409 e. The van der Waals surface area contributed by atoms with Crippen molar-refractivity contribution in [2.24, 2.45) is 0 Å². The maximum atomic E-state index is 11.6. The number of piperidine rings is 1. The van der Waals surface area contributed by atoms with E-state index in [2.05, 4.69) is 0 Å². The van der Waals surface area contributed by atoms with Gasteiger partial charge in [-0.05, 0) is 43.7 Å². The summed E-state index contributed by atoms with van der Waals surface area (Å²) in [5.74, 6) is 0. The van der Waals surface area contributed by atoms with E-state index in [1.54, 1.807) is 23.6 Å². The first-order valence-electron chi connectivity index (χ1n) is 6.87. The van der Waals surface area contributed by atoms with Crippen LogP contribution in [-0.2, 0) is 10.3 Å². The number of carbonyl (C=O) groups excluding carboxylic acids is 1. The van der Waals surface area contributed by atoms with Gasteiger partial charge >= 0.3 is 6.09 Å². The Labute approximate surface area is 124 Å². The summed E-state index contributed by atoms with van der Waals surface area (Å²) in [5.41, 5.74) is 0.0961. The zero-order valence-corrected chi connectivity index (χ0v) is 12.8. The quantitative estimate of drug-likeness (QED) is 0.871. The van der Waals surface area contributed by atoms with Crippen molar-refractivity contribution in [2.75, 3.05) is 26.0 Å². The van der Waals surface area contributed by atoms with Crippen molar-refractivity contribution < 1.29 is 14.6 Å². The number of amides is 1. The molecule has 20 heavy (non-hydrogen) atoms. The molecule has 0 spiro atoms. The lowest BCUT2D eigenvalue weighted by Crippen LogP contribution is -2.45. The normalized spacial score (nSPS) is 17.9. The van der Waals surface area contributed by atoms with E-state index in [-0.39, 0.29) is 6.09 Å². The molecule has 0 saturated carbocycles. The third-order valence-electron chi connectivity index (χ3n) is 3.74. The van der Waals surface area contributed by atoms with E-state index in [4.69, 9.17) is 4.74 Å². The number of rotatable bonds is 3. The van der Waals surface area contributed by atoms with Gasteiger partial charge in [-0.15, -0.1) is 11.8 Å². The van der Waals surface area contributed by atoms with Gasteiger partial charge in [-0.1, -0.05) is 12.1 Å². The number of likely N-dealkylation sites (tertiary alicyclic amines) is 1. The summed E-state index contributed by atoms with van der Waals surface area (Å²) in [6.07, 6.45) is 2.84. The monoisotopic (exact) mass is 295 g/mol. The molecule has 0 aromatic heterocycles. The van der Waals surface area contributed by atoms with Crippen LogP contribution < -0.4 is 0 Å². The molecular weight excluding hydrogens is 274 g/mol. The van der Waals surface area contributed by atoms with Gasteiger partial charge in [0.05, 0.1) is 12.2 Å². The van der Waals surface area contributed by atoms with Gasteiger partial charge in [0, 0.05) is 18.0 Å². The fraction of sp³-hybridized carbons (Fsp3) is 0.533. The highest BCUT2D eigenvalue weighted by molar-refractivity contribution is 7.98. The van der Waals surface area contributed by atoms with Crippen LogP contribution in [0.2, 0.25) is 0 Å². The number of hydrogen-bond acceptors (Lipinski definition) is 4. The second-order valence-corrected chi connectivity index (χ2v) is 5.83. The molecule has 0 unspecified atom stereocenters. The topological polar surface area (TPSA) is 49.8 Å². The minimum Gasteiger partial charge on any atom is -0.450 e. The van der Waals surface area contributed by atoms with Gasteiger partial charge in [0.1, 0.15) is 0 Å². The average molecular weight is 295 g/mol. The Bertz CT molecular complexity index is 453. The van der Waals surface area contributed by atoms with E-state index in [0.29, 0.717) is 32.5 Å². The Hall–Kier alpha value is -1.20. The predicted octanol–water partition coefficient (Wildman–Crippen LogP) is 2.85. The van der Waals surface area contributed by atoms with Crippen molar-refractivity contribution in [3.05, 3.63) is 29.8 Å². The number of hydrogen-bond donors (Lipinski definition) is 1. The molecule has 1 fully saturated rings. The summed E-state index contributed by atoms with van der Waals surface area (Å²) in [4.78, 5) is 14.5. The van der Waals surface area contributed by atoms with E-state index in [1.165, 1.54) is 4.90 Å². The third kappa shape index (κ3) is 3.27. The van der Waals surface area contributed by atoms with Crippen molar-refractivity contribution in [1.29, 1.82) is 0 Å². The fourth-order valence-electron chi connectivity index (χ4n) is 2.46. The van der Waals surface area contributed by atoms with E-state index in [0.717, 1.165) is 5.56 Å². The highest BCUT2D eigenvalue weighted by atomic mass is 32.2. The molecule has 4 nitrogen and oxygen atoms in total. The molecular formula is C15H21NO3S. The van der Waals surface area contributed by atoms with Gasteiger partial charge in [-0.25, -0.2) is 4.79 Å².